The molecular formula is C19H23FIN3O2. The Morgan fingerprint density at radius 1 is 1.27 bits per heavy atom. The average molecular weight is 471 g/mol. The first-order valence-electron chi connectivity index (χ1n) is 8.50. The van der Waals surface area contributed by atoms with Gasteiger partial charge in [-0.3, -0.25) is 9.58 Å². The molecule has 2 aromatic rings. The second kappa shape index (κ2) is 6.51. The molecule has 140 valence electrons. The van der Waals surface area contributed by atoms with E-state index in [1.807, 2.05) is 39.3 Å². The highest BCUT2D eigenvalue weighted by atomic mass is 127. The van der Waals surface area contributed by atoms with Gasteiger partial charge in [-0.05, 0) is 81.5 Å². The van der Waals surface area contributed by atoms with Gasteiger partial charge in [0.05, 0.1) is 21.3 Å². The fraction of sp³-hybridized carbons (Fsp3) is 0.474. The summed E-state index contributed by atoms with van der Waals surface area (Å²) in [5.41, 5.74) is 1.72. The van der Waals surface area contributed by atoms with Crippen LogP contribution in [0.25, 0.3) is 11.3 Å². The number of hydrogen-bond donors (Lipinski definition) is 0. The summed E-state index contributed by atoms with van der Waals surface area (Å²) in [6.45, 7) is 10.6. The van der Waals surface area contributed by atoms with Crippen molar-refractivity contribution < 1.29 is 13.9 Å². The minimum Gasteiger partial charge on any atom is -0.444 e. The number of carbonyl (C=O) groups excluding carboxylic acids is 1. The number of benzene rings is 1. The Bertz CT molecular complexity index is 838. The van der Waals surface area contributed by atoms with Gasteiger partial charge in [-0.2, -0.15) is 5.10 Å². The number of ether oxygens (including phenoxy) is 1. The second-order valence-corrected chi connectivity index (χ2v) is 9.26. The lowest BCUT2D eigenvalue weighted by atomic mass is 10.0. The van der Waals surface area contributed by atoms with Crippen LogP contribution in [0.5, 0.6) is 0 Å². The third-order valence-corrected chi connectivity index (χ3v) is 5.31. The number of amides is 1. The van der Waals surface area contributed by atoms with Crippen molar-refractivity contribution in [3.8, 4) is 11.3 Å². The van der Waals surface area contributed by atoms with E-state index in [-0.39, 0.29) is 17.4 Å². The normalized spacial score (nSPS) is 16.3. The number of halogens is 2. The first-order chi connectivity index (χ1) is 12.0. The van der Waals surface area contributed by atoms with E-state index in [0.29, 0.717) is 13.1 Å². The van der Waals surface area contributed by atoms with Crippen molar-refractivity contribution in [2.24, 2.45) is 0 Å². The summed E-state index contributed by atoms with van der Waals surface area (Å²) in [4.78, 5) is 14.3. The van der Waals surface area contributed by atoms with Crippen molar-refractivity contribution in [3.05, 3.63) is 39.3 Å². The topological polar surface area (TPSA) is 47.4 Å². The third-order valence-electron chi connectivity index (χ3n) is 4.18. The lowest BCUT2D eigenvalue weighted by molar-refractivity contribution is 0.00900. The van der Waals surface area contributed by atoms with Crippen molar-refractivity contribution in [2.45, 2.75) is 52.3 Å². The molecule has 1 aromatic heterocycles. The SMILES string of the molecule is CC(C)(C)OC(=O)N1Cc2c(I)c(-c3ccc(F)cc3)nn2C(C)(C)C1. The first kappa shape index (κ1) is 19.1. The largest absolute Gasteiger partial charge is 0.444 e. The van der Waals surface area contributed by atoms with Gasteiger partial charge in [0.15, 0.2) is 0 Å². The first-order valence-corrected chi connectivity index (χ1v) is 9.57. The van der Waals surface area contributed by atoms with Crippen LogP contribution in [0.1, 0.15) is 40.3 Å². The molecule has 0 unspecified atom stereocenters. The molecular weight excluding hydrogens is 448 g/mol. The summed E-state index contributed by atoms with van der Waals surface area (Å²) in [6, 6.07) is 6.32. The summed E-state index contributed by atoms with van der Waals surface area (Å²) in [5, 5.41) is 4.78. The fourth-order valence-electron chi connectivity index (χ4n) is 3.09. The van der Waals surface area contributed by atoms with Crippen LogP contribution in [0.2, 0.25) is 0 Å². The maximum atomic E-state index is 13.2. The monoisotopic (exact) mass is 471 g/mol. The van der Waals surface area contributed by atoms with Crippen LogP contribution in [0, 0.1) is 9.39 Å². The highest BCUT2D eigenvalue weighted by Gasteiger charge is 2.38. The van der Waals surface area contributed by atoms with Crippen LogP contribution in [0.4, 0.5) is 9.18 Å². The summed E-state index contributed by atoms with van der Waals surface area (Å²) < 4.78 is 21.7. The number of nitrogens with zero attached hydrogens (tertiary/aromatic N) is 3. The molecule has 7 heteroatoms. The van der Waals surface area contributed by atoms with Gasteiger partial charge in [-0.15, -0.1) is 0 Å². The zero-order chi connectivity index (χ0) is 19.3. The predicted molar refractivity (Wildman–Crippen MR) is 106 cm³/mol. The van der Waals surface area contributed by atoms with E-state index in [4.69, 9.17) is 9.84 Å². The smallest absolute Gasteiger partial charge is 0.410 e. The van der Waals surface area contributed by atoms with E-state index in [9.17, 15) is 9.18 Å². The Balaban J connectivity index is 1.98. The zero-order valence-electron chi connectivity index (χ0n) is 15.6. The molecule has 0 fully saturated rings. The van der Waals surface area contributed by atoms with Crippen LogP contribution >= 0.6 is 22.6 Å². The number of hydrogen-bond acceptors (Lipinski definition) is 3. The molecule has 5 nitrogen and oxygen atoms in total. The lowest BCUT2D eigenvalue weighted by Gasteiger charge is -2.39. The summed E-state index contributed by atoms with van der Waals surface area (Å²) in [6.07, 6.45) is -0.322. The van der Waals surface area contributed by atoms with Gasteiger partial charge in [0.1, 0.15) is 17.1 Å². The molecule has 1 aliphatic heterocycles. The molecule has 26 heavy (non-hydrogen) atoms. The van der Waals surface area contributed by atoms with E-state index in [2.05, 4.69) is 22.6 Å². The minimum absolute atomic E-state index is 0.274. The number of rotatable bonds is 1. The summed E-state index contributed by atoms with van der Waals surface area (Å²) >= 11 is 2.25. The highest BCUT2D eigenvalue weighted by molar-refractivity contribution is 14.1. The van der Waals surface area contributed by atoms with Gasteiger partial charge in [0.25, 0.3) is 0 Å². The van der Waals surface area contributed by atoms with E-state index < -0.39 is 5.60 Å². The maximum Gasteiger partial charge on any atom is 0.410 e. The summed E-state index contributed by atoms with van der Waals surface area (Å²) in [5.74, 6) is -0.274. The van der Waals surface area contributed by atoms with E-state index in [1.165, 1.54) is 12.1 Å². The second-order valence-electron chi connectivity index (χ2n) is 8.18. The predicted octanol–water partition coefficient (Wildman–Crippen LogP) is 4.78. The van der Waals surface area contributed by atoms with Crippen LogP contribution in [0.3, 0.4) is 0 Å². The molecule has 2 heterocycles. The van der Waals surface area contributed by atoms with Crippen molar-refractivity contribution in [2.75, 3.05) is 6.54 Å². The zero-order valence-corrected chi connectivity index (χ0v) is 17.8. The molecule has 1 aromatic carbocycles. The molecule has 1 aliphatic rings. The van der Waals surface area contributed by atoms with Crippen molar-refractivity contribution in [1.82, 2.24) is 14.7 Å². The molecule has 0 spiro atoms. The Morgan fingerprint density at radius 3 is 2.46 bits per heavy atom. The van der Waals surface area contributed by atoms with Gasteiger partial charge in [0.2, 0.25) is 0 Å². The Kier molecular flexibility index (Phi) is 4.79. The minimum atomic E-state index is -0.536. The maximum absolute atomic E-state index is 13.2. The molecule has 3 rings (SSSR count). The molecule has 0 radical (unpaired) electrons. The Hall–Kier alpha value is -1.64. The molecule has 0 N–H and O–H groups in total. The summed E-state index contributed by atoms with van der Waals surface area (Å²) in [7, 11) is 0. The number of aromatic nitrogens is 2. The molecule has 1 amide bonds. The average Bonchev–Trinajstić information content (AvgIpc) is 2.84. The van der Waals surface area contributed by atoms with Gasteiger partial charge in [-0.1, -0.05) is 0 Å². The lowest BCUT2D eigenvalue weighted by Crippen LogP contribution is -2.50. The Morgan fingerprint density at radius 2 is 1.88 bits per heavy atom. The Labute approximate surface area is 166 Å². The van der Waals surface area contributed by atoms with Gasteiger partial charge < -0.3 is 4.74 Å². The standard InChI is InChI=1S/C19H23FIN3O2/c1-18(2,3)26-17(25)23-10-14-15(21)16(12-6-8-13(20)9-7-12)22-24(14)19(4,5)11-23/h6-9H,10-11H2,1-5H3. The van der Waals surface area contributed by atoms with Gasteiger partial charge in [0, 0.05) is 12.1 Å². The van der Waals surface area contributed by atoms with Crippen LogP contribution < -0.4 is 0 Å². The van der Waals surface area contributed by atoms with Crippen molar-refractivity contribution in [1.29, 1.82) is 0 Å². The van der Waals surface area contributed by atoms with Crippen molar-refractivity contribution >= 4 is 28.7 Å². The number of carbonyl (C=O) groups is 1. The fourth-order valence-corrected chi connectivity index (χ4v) is 3.91. The quantitative estimate of drug-likeness (QED) is 0.563. The van der Waals surface area contributed by atoms with Crippen LogP contribution in [-0.2, 0) is 16.8 Å². The molecule has 0 bridgehead atoms. The van der Waals surface area contributed by atoms with Crippen LogP contribution in [0.15, 0.2) is 24.3 Å². The number of fused-ring (bicyclic) bond motifs is 1. The van der Waals surface area contributed by atoms with E-state index in [0.717, 1.165) is 20.5 Å². The highest BCUT2D eigenvalue weighted by Crippen LogP contribution is 2.35. The molecule has 0 saturated heterocycles. The van der Waals surface area contributed by atoms with Gasteiger partial charge >= 0.3 is 6.09 Å². The van der Waals surface area contributed by atoms with Crippen molar-refractivity contribution in [3.63, 3.8) is 0 Å². The third kappa shape index (κ3) is 3.72. The van der Waals surface area contributed by atoms with Gasteiger partial charge in [-0.25, -0.2) is 9.18 Å². The molecule has 0 saturated carbocycles. The molecule has 0 atom stereocenters. The van der Waals surface area contributed by atoms with Crippen LogP contribution in [-0.4, -0.2) is 32.9 Å². The van der Waals surface area contributed by atoms with E-state index >= 15 is 0 Å². The molecule has 0 aliphatic carbocycles. The van der Waals surface area contributed by atoms with E-state index in [1.54, 1.807) is 17.0 Å².